The lowest BCUT2D eigenvalue weighted by Gasteiger charge is -2.31. The predicted octanol–water partition coefficient (Wildman–Crippen LogP) is 2.43. The van der Waals surface area contributed by atoms with Gasteiger partial charge in [0.15, 0.2) is 0 Å². The van der Waals surface area contributed by atoms with E-state index >= 15 is 0 Å². The van der Waals surface area contributed by atoms with Crippen molar-refractivity contribution in [3.8, 4) is 5.75 Å². The van der Waals surface area contributed by atoms with Gasteiger partial charge >= 0.3 is 0 Å². The molecule has 0 aliphatic carbocycles. The molecule has 1 heterocycles. The molecular weight excluding hydrogens is 264 g/mol. The molecule has 1 amide bonds. The number of benzene rings is 1. The number of hydrogen-bond donors (Lipinski definition) is 1. The maximum atomic E-state index is 11.8. The number of likely N-dealkylation sites (tertiary alicyclic amines) is 1. The van der Waals surface area contributed by atoms with Gasteiger partial charge in [0.1, 0.15) is 5.75 Å². The maximum absolute atomic E-state index is 11.8. The van der Waals surface area contributed by atoms with Crippen molar-refractivity contribution in [2.24, 2.45) is 5.92 Å². The zero-order chi connectivity index (χ0) is 15.1. The van der Waals surface area contributed by atoms with Crippen molar-refractivity contribution in [2.75, 3.05) is 26.2 Å². The molecule has 0 unspecified atom stereocenters. The van der Waals surface area contributed by atoms with Crippen LogP contribution < -0.4 is 10.1 Å². The Morgan fingerprint density at radius 1 is 1.33 bits per heavy atom. The summed E-state index contributed by atoms with van der Waals surface area (Å²) in [6, 6.07) is 8.29. The highest BCUT2D eigenvalue weighted by atomic mass is 16.5. The minimum absolute atomic E-state index is 0.191. The van der Waals surface area contributed by atoms with Crippen molar-refractivity contribution in [1.82, 2.24) is 10.2 Å². The van der Waals surface area contributed by atoms with Gasteiger partial charge in [-0.05, 0) is 57.5 Å². The third-order valence-electron chi connectivity index (χ3n) is 3.93. The molecule has 116 valence electrons. The lowest BCUT2D eigenvalue weighted by Crippen LogP contribution is -2.40. The van der Waals surface area contributed by atoms with Crippen LogP contribution in [0.1, 0.15) is 32.3 Å². The summed E-state index contributed by atoms with van der Waals surface area (Å²) in [6.07, 6.45) is 1.91. The Hall–Kier alpha value is -1.55. The molecule has 1 fully saturated rings. The van der Waals surface area contributed by atoms with Gasteiger partial charge in [0.2, 0.25) is 5.91 Å². The number of nitrogens with zero attached hydrogens (tertiary/aromatic N) is 1. The SMILES string of the molecule is CCNC(=O)C1CCN(Cc2cccc(OCC)c2)CC1. The third kappa shape index (κ3) is 4.74. The molecular formula is C17H26N2O2. The first-order valence-electron chi connectivity index (χ1n) is 7.94. The Morgan fingerprint density at radius 3 is 2.76 bits per heavy atom. The Balaban J connectivity index is 1.83. The summed E-state index contributed by atoms with van der Waals surface area (Å²) in [5, 5.41) is 2.93. The monoisotopic (exact) mass is 290 g/mol. The Labute approximate surface area is 127 Å². The second kappa shape index (κ2) is 8.03. The van der Waals surface area contributed by atoms with E-state index in [-0.39, 0.29) is 11.8 Å². The second-order valence-corrected chi connectivity index (χ2v) is 5.53. The lowest BCUT2D eigenvalue weighted by molar-refractivity contribution is -0.126. The minimum atomic E-state index is 0.191. The van der Waals surface area contributed by atoms with Crippen molar-refractivity contribution in [2.45, 2.75) is 33.2 Å². The van der Waals surface area contributed by atoms with Crippen molar-refractivity contribution < 1.29 is 9.53 Å². The number of piperidine rings is 1. The molecule has 4 heteroatoms. The average Bonchev–Trinajstić information content (AvgIpc) is 2.49. The van der Waals surface area contributed by atoms with Gasteiger partial charge in [-0.1, -0.05) is 12.1 Å². The van der Waals surface area contributed by atoms with Crippen LogP contribution in [-0.4, -0.2) is 37.0 Å². The molecule has 1 N–H and O–H groups in total. The largest absolute Gasteiger partial charge is 0.494 e. The van der Waals surface area contributed by atoms with Crippen LogP contribution in [0.5, 0.6) is 5.75 Å². The quantitative estimate of drug-likeness (QED) is 0.875. The minimum Gasteiger partial charge on any atom is -0.494 e. The first kappa shape index (κ1) is 15.8. The highest BCUT2D eigenvalue weighted by molar-refractivity contribution is 5.78. The third-order valence-corrected chi connectivity index (χ3v) is 3.93. The number of carbonyl (C=O) groups is 1. The number of carbonyl (C=O) groups excluding carboxylic acids is 1. The summed E-state index contributed by atoms with van der Waals surface area (Å²) in [5.41, 5.74) is 1.28. The van der Waals surface area contributed by atoms with Gasteiger partial charge < -0.3 is 10.1 Å². The summed E-state index contributed by atoms with van der Waals surface area (Å²) in [6.45, 7) is 8.30. The Bertz CT molecular complexity index is 454. The smallest absolute Gasteiger partial charge is 0.223 e. The van der Waals surface area contributed by atoms with Crippen molar-refractivity contribution in [1.29, 1.82) is 0 Å². The van der Waals surface area contributed by atoms with Crippen LogP contribution in [0, 0.1) is 5.92 Å². The van der Waals surface area contributed by atoms with Crippen LogP contribution in [0.15, 0.2) is 24.3 Å². The molecule has 1 aliphatic heterocycles. The number of ether oxygens (including phenoxy) is 1. The number of rotatable bonds is 6. The second-order valence-electron chi connectivity index (χ2n) is 5.53. The lowest BCUT2D eigenvalue weighted by atomic mass is 9.95. The van der Waals surface area contributed by atoms with Gasteiger partial charge in [-0.15, -0.1) is 0 Å². The van der Waals surface area contributed by atoms with Crippen molar-refractivity contribution in [3.63, 3.8) is 0 Å². The van der Waals surface area contributed by atoms with Crippen LogP contribution in [0.4, 0.5) is 0 Å². The number of amides is 1. The molecule has 4 nitrogen and oxygen atoms in total. The summed E-state index contributed by atoms with van der Waals surface area (Å²) in [4.78, 5) is 14.3. The number of hydrogen-bond acceptors (Lipinski definition) is 3. The first-order chi connectivity index (χ1) is 10.2. The molecule has 0 atom stereocenters. The highest BCUT2D eigenvalue weighted by Gasteiger charge is 2.24. The van der Waals surface area contributed by atoms with E-state index < -0.39 is 0 Å². The first-order valence-corrected chi connectivity index (χ1v) is 7.94. The summed E-state index contributed by atoms with van der Waals surface area (Å²) < 4.78 is 5.54. The van der Waals surface area contributed by atoms with Gasteiger partial charge in [-0.25, -0.2) is 0 Å². The molecule has 0 aromatic heterocycles. The van der Waals surface area contributed by atoms with E-state index in [0.717, 1.165) is 44.8 Å². The van der Waals surface area contributed by atoms with E-state index in [4.69, 9.17) is 4.74 Å². The van der Waals surface area contributed by atoms with E-state index in [1.165, 1.54) is 5.56 Å². The summed E-state index contributed by atoms with van der Waals surface area (Å²) in [5.74, 6) is 1.35. The molecule has 0 bridgehead atoms. The fourth-order valence-electron chi connectivity index (χ4n) is 2.83. The average molecular weight is 290 g/mol. The molecule has 1 aliphatic rings. The van der Waals surface area contributed by atoms with Crippen LogP contribution in [0.2, 0.25) is 0 Å². The summed E-state index contributed by atoms with van der Waals surface area (Å²) >= 11 is 0. The van der Waals surface area contributed by atoms with Crippen LogP contribution in [0.25, 0.3) is 0 Å². The van der Waals surface area contributed by atoms with Crippen molar-refractivity contribution >= 4 is 5.91 Å². The molecule has 1 aromatic rings. The predicted molar refractivity (Wildman–Crippen MR) is 84.3 cm³/mol. The van der Waals surface area contributed by atoms with Crippen molar-refractivity contribution in [3.05, 3.63) is 29.8 Å². The maximum Gasteiger partial charge on any atom is 0.223 e. The van der Waals surface area contributed by atoms with E-state index in [0.29, 0.717) is 6.61 Å². The van der Waals surface area contributed by atoms with Gasteiger partial charge in [0, 0.05) is 19.0 Å². The van der Waals surface area contributed by atoms with Gasteiger partial charge in [-0.2, -0.15) is 0 Å². The zero-order valence-corrected chi connectivity index (χ0v) is 13.1. The number of nitrogens with one attached hydrogen (secondary N) is 1. The van der Waals surface area contributed by atoms with Crippen LogP contribution in [-0.2, 0) is 11.3 Å². The zero-order valence-electron chi connectivity index (χ0n) is 13.1. The topological polar surface area (TPSA) is 41.6 Å². The Morgan fingerprint density at radius 2 is 2.10 bits per heavy atom. The van der Waals surface area contributed by atoms with Crippen LogP contribution >= 0.6 is 0 Å². The molecule has 0 saturated carbocycles. The molecule has 0 spiro atoms. The van der Waals surface area contributed by atoms with E-state index in [2.05, 4.69) is 22.3 Å². The molecule has 2 rings (SSSR count). The normalized spacial score (nSPS) is 16.7. The molecule has 21 heavy (non-hydrogen) atoms. The van der Waals surface area contributed by atoms with Gasteiger partial charge in [-0.3, -0.25) is 9.69 Å². The Kier molecular flexibility index (Phi) is 6.05. The highest BCUT2D eigenvalue weighted by Crippen LogP contribution is 2.21. The van der Waals surface area contributed by atoms with Gasteiger partial charge in [0.05, 0.1) is 6.61 Å². The molecule has 0 radical (unpaired) electrons. The van der Waals surface area contributed by atoms with Crippen LogP contribution in [0.3, 0.4) is 0 Å². The fraction of sp³-hybridized carbons (Fsp3) is 0.588. The fourth-order valence-corrected chi connectivity index (χ4v) is 2.83. The van der Waals surface area contributed by atoms with E-state index in [9.17, 15) is 4.79 Å². The van der Waals surface area contributed by atoms with Gasteiger partial charge in [0.25, 0.3) is 0 Å². The standard InChI is InChI=1S/C17H26N2O2/c1-3-18-17(20)15-8-10-19(11-9-15)13-14-6-5-7-16(12-14)21-4-2/h5-7,12,15H,3-4,8-11,13H2,1-2H3,(H,18,20). The molecule has 1 aromatic carbocycles. The van der Waals surface area contributed by atoms with E-state index in [1.807, 2.05) is 26.0 Å². The molecule has 1 saturated heterocycles. The summed E-state index contributed by atoms with van der Waals surface area (Å²) in [7, 11) is 0. The van der Waals surface area contributed by atoms with E-state index in [1.54, 1.807) is 0 Å².